The first-order valence-corrected chi connectivity index (χ1v) is 7.67. The number of hydrogen-bond donors (Lipinski definition) is 2. The largest absolute Gasteiger partial charge is 0.396 e. The first-order valence-electron chi connectivity index (χ1n) is 7.67. The number of aliphatic hydroxyl groups is 1. The Labute approximate surface area is 120 Å². The maximum absolute atomic E-state index is 12.4. The van der Waals surface area contributed by atoms with Crippen molar-refractivity contribution in [3.05, 3.63) is 35.4 Å². The van der Waals surface area contributed by atoms with Crippen LogP contribution in [0.2, 0.25) is 0 Å². The zero-order valence-corrected chi connectivity index (χ0v) is 12.1. The number of fused-ring (bicyclic) bond motifs is 2. The number of carbonyl (C=O) groups is 1. The maximum Gasteiger partial charge on any atom is 0.224 e. The molecule has 20 heavy (non-hydrogen) atoms. The van der Waals surface area contributed by atoms with Gasteiger partial charge >= 0.3 is 0 Å². The van der Waals surface area contributed by atoms with Crippen molar-refractivity contribution in [2.24, 2.45) is 5.92 Å². The highest BCUT2D eigenvalue weighted by atomic mass is 16.3. The third-order valence-electron chi connectivity index (χ3n) is 4.97. The van der Waals surface area contributed by atoms with E-state index in [-0.39, 0.29) is 29.9 Å². The van der Waals surface area contributed by atoms with E-state index in [4.69, 9.17) is 5.11 Å². The molecule has 1 fully saturated rings. The molecule has 1 saturated carbocycles. The Hall–Kier alpha value is -1.35. The van der Waals surface area contributed by atoms with Crippen LogP contribution in [0.25, 0.3) is 0 Å². The lowest BCUT2D eigenvalue weighted by Gasteiger charge is -2.26. The van der Waals surface area contributed by atoms with Crippen molar-refractivity contribution in [1.82, 2.24) is 5.32 Å². The topological polar surface area (TPSA) is 49.3 Å². The Morgan fingerprint density at radius 2 is 2.30 bits per heavy atom. The number of aliphatic hydroxyl groups excluding tert-OH is 1. The molecule has 108 valence electrons. The van der Waals surface area contributed by atoms with Gasteiger partial charge in [-0.1, -0.05) is 24.3 Å². The van der Waals surface area contributed by atoms with Gasteiger partial charge in [0.05, 0.1) is 0 Å². The second kappa shape index (κ2) is 5.21. The van der Waals surface area contributed by atoms with Crippen LogP contribution in [0.3, 0.4) is 0 Å². The predicted molar refractivity (Wildman–Crippen MR) is 78.5 cm³/mol. The van der Waals surface area contributed by atoms with Crippen LogP contribution in [0.5, 0.6) is 0 Å². The third-order valence-corrected chi connectivity index (χ3v) is 4.97. The molecule has 1 spiro atoms. The van der Waals surface area contributed by atoms with Gasteiger partial charge in [0, 0.05) is 24.0 Å². The molecular formula is C17H23NO2. The minimum atomic E-state index is 0.0592. The Morgan fingerprint density at radius 1 is 1.50 bits per heavy atom. The van der Waals surface area contributed by atoms with Crippen LogP contribution in [0, 0.1) is 5.92 Å². The lowest BCUT2D eigenvalue weighted by Crippen LogP contribution is -2.36. The van der Waals surface area contributed by atoms with E-state index in [1.165, 1.54) is 17.5 Å². The van der Waals surface area contributed by atoms with E-state index in [0.717, 1.165) is 19.3 Å². The summed E-state index contributed by atoms with van der Waals surface area (Å²) in [5.74, 6) is 0.299. The summed E-state index contributed by atoms with van der Waals surface area (Å²) >= 11 is 0. The van der Waals surface area contributed by atoms with Crippen molar-refractivity contribution < 1.29 is 9.90 Å². The number of nitrogens with one attached hydrogen (secondary N) is 1. The number of rotatable bonds is 4. The zero-order chi connectivity index (χ0) is 14.2. The fraction of sp³-hybridized carbons (Fsp3) is 0.588. The van der Waals surface area contributed by atoms with Gasteiger partial charge in [-0.2, -0.15) is 0 Å². The summed E-state index contributed by atoms with van der Waals surface area (Å²) in [5.41, 5.74) is 2.94. The van der Waals surface area contributed by atoms with E-state index in [1.807, 2.05) is 6.92 Å². The summed E-state index contributed by atoms with van der Waals surface area (Å²) in [5, 5.41) is 12.0. The molecule has 0 radical (unpaired) electrons. The van der Waals surface area contributed by atoms with Gasteiger partial charge in [0.1, 0.15) is 0 Å². The summed E-state index contributed by atoms with van der Waals surface area (Å²) in [6, 6.07) is 8.66. The standard InChI is InChI=1S/C17H23NO2/c1-12(8-10-19)18-16(20)15-11-17(15)9-4-6-13-5-2-3-7-14(13)17/h2-3,5,7,12,15,19H,4,6,8-11H2,1H3,(H,18,20)/t12-,15?,17?/m1/s1. The molecule has 2 N–H and O–H groups in total. The molecule has 2 unspecified atom stereocenters. The van der Waals surface area contributed by atoms with Gasteiger partial charge in [0.15, 0.2) is 0 Å². The number of hydrogen-bond acceptors (Lipinski definition) is 2. The van der Waals surface area contributed by atoms with Gasteiger partial charge in [-0.15, -0.1) is 0 Å². The molecule has 2 aliphatic carbocycles. The van der Waals surface area contributed by atoms with E-state index in [0.29, 0.717) is 6.42 Å². The molecule has 3 rings (SSSR count). The van der Waals surface area contributed by atoms with Crippen LogP contribution in [0.15, 0.2) is 24.3 Å². The monoisotopic (exact) mass is 273 g/mol. The number of benzene rings is 1. The highest BCUT2D eigenvalue weighted by Crippen LogP contribution is 2.60. The van der Waals surface area contributed by atoms with Crippen molar-refractivity contribution >= 4 is 5.91 Å². The van der Waals surface area contributed by atoms with Crippen LogP contribution in [-0.2, 0) is 16.6 Å². The van der Waals surface area contributed by atoms with E-state index < -0.39 is 0 Å². The summed E-state index contributed by atoms with van der Waals surface area (Å²) in [4.78, 5) is 12.4. The lowest BCUT2D eigenvalue weighted by molar-refractivity contribution is -0.123. The van der Waals surface area contributed by atoms with Crippen molar-refractivity contribution in [3.63, 3.8) is 0 Å². The Balaban J connectivity index is 1.73. The number of aryl methyl sites for hydroxylation is 1. The highest BCUT2D eigenvalue weighted by Gasteiger charge is 2.60. The first-order chi connectivity index (χ1) is 9.67. The van der Waals surface area contributed by atoms with E-state index in [1.54, 1.807) is 0 Å². The minimum Gasteiger partial charge on any atom is -0.396 e. The van der Waals surface area contributed by atoms with Gasteiger partial charge < -0.3 is 10.4 Å². The minimum absolute atomic E-state index is 0.0592. The molecular weight excluding hydrogens is 250 g/mol. The Morgan fingerprint density at radius 3 is 3.10 bits per heavy atom. The highest BCUT2D eigenvalue weighted by molar-refractivity contribution is 5.85. The SMILES string of the molecule is C[C@H](CCO)NC(=O)C1CC12CCCc1ccccc12. The molecule has 3 atom stereocenters. The molecule has 2 aliphatic rings. The molecule has 0 aliphatic heterocycles. The van der Waals surface area contributed by atoms with E-state index in [9.17, 15) is 4.79 Å². The second-order valence-corrected chi connectivity index (χ2v) is 6.35. The molecule has 1 amide bonds. The van der Waals surface area contributed by atoms with E-state index in [2.05, 4.69) is 29.6 Å². The lowest BCUT2D eigenvalue weighted by atomic mass is 9.78. The van der Waals surface area contributed by atoms with Crippen LogP contribution in [0.1, 0.15) is 43.7 Å². The van der Waals surface area contributed by atoms with Gasteiger partial charge in [-0.25, -0.2) is 0 Å². The first kappa shape index (κ1) is 13.6. The molecule has 0 bridgehead atoms. The number of amides is 1. The molecule has 0 saturated heterocycles. The quantitative estimate of drug-likeness (QED) is 0.883. The van der Waals surface area contributed by atoms with Gasteiger partial charge in [0.25, 0.3) is 0 Å². The van der Waals surface area contributed by atoms with Crippen molar-refractivity contribution in [3.8, 4) is 0 Å². The molecule has 0 heterocycles. The summed E-state index contributed by atoms with van der Waals surface area (Å²) in [6.07, 6.45) is 5.08. The molecule has 1 aromatic rings. The van der Waals surface area contributed by atoms with Gasteiger partial charge in [-0.05, 0) is 50.2 Å². The van der Waals surface area contributed by atoms with Gasteiger partial charge in [0.2, 0.25) is 5.91 Å². The third kappa shape index (κ3) is 2.24. The summed E-state index contributed by atoms with van der Waals surface area (Å²) < 4.78 is 0. The van der Waals surface area contributed by atoms with E-state index >= 15 is 0 Å². The molecule has 3 heteroatoms. The zero-order valence-electron chi connectivity index (χ0n) is 12.1. The average molecular weight is 273 g/mol. The maximum atomic E-state index is 12.4. The normalized spacial score (nSPS) is 28.8. The van der Waals surface area contributed by atoms with Crippen LogP contribution in [0.4, 0.5) is 0 Å². The van der Waals surface area contributed by atoms with Crippen LogP contribution >= 0.6 is 0 Å². The van der Waals surface area contributed by atoms with Gasteiger partial charge in [-0.3, -0.25) is 4.79 Å². The van der Waals surface area contributed by atoms with Crippen LogP contribution < -0.4 is 5.32 Å². The fourth-order valence-corrected chi connectivity index (χ4v) is 3.79. The predicted octanol–water partition coefficient (Wildman–Crippen LogP) is 2.17. The van der Waals surface area contributed by atoms with Crippen molar-refractivity contribution in [1.29, 1.82) is 0 Å². The molecule has 0 aromatic heterocycles. The summed E-state index contributed by atoms with van der Waals surface area (Å²) in [7, 11) is 0. The number of carbonyl (C=O) groups excluding carboxylic acids is 1. The van der Waals surface area contributed by atoms with Crippen LogP contribution in [-0.4, -0.2) is 23.7 Å². The van der Waals surface area contributed by atoms with Crippen molar-refractivity contribution in [2.45, 2.75) is 50.5 Å². The molecule has 1 aromatic carbocycles. The molecule has 3 nitrogen and oxygen atoms in total. The fourth-order valence-electron chi connectivity index (χ4n) is 3.79. The average Bonchev–Trinajstić information content (AvgIpc) is 3.15. The Kier molecular flexibility index (Phi) is 3.55. The Bertz CT molecular complexity index is 513. The second-order valence-electron chi connectivity index (χ2n) is 6.35. The van der Waals surface area contributed by atoms with Crippen molar-refractivity contribution in [2.75, 3.05) is 6.61 Å². The smallest absolute Gasteiger partial charge is 0.224 e. The summed E-state index contributed by atoms with van der Waals surface area (Å²) in [6.45, 7) is 2.08.